The number of rotatable bonds is 9. The second-order valence-electron chi connectivity index (χ2n) is 13.1. The Morgan fingerprint density at radius 1 is 1.07 bits per heavy atom. The summed E-state index contributed by atoms with van der Waals surface area (Å²) < 4.78 is 19.9. The first kappa shape index (κ1) is 28.8. The van der Waals surface area contributed by atoms with Gasteiger partial charge in [-0.05, 0) is 56.3 Å². The van der Waals surface area contributed by atoms with Crippen molar-refractivity contribution in [2.45, 2.75) is 58.3 Å². The van der Waals surface area contributed by atoms with Crippen molar-refractivity contribution in [3.8, 4) is 12.1 Å². The summed E-state index contributed by atoms with van der Waals surface area (Å²) in [4.78, 5) is 19.4. The van der Waals surface area contributed by atoms with Gasteiger partial charge in [0.2, 0.25) is 0 Å². The lowest BCUT2D eigenvalue weighted by molar-refractivity contribution is 0.0369. The van der Waals surface area contributed by atoms with Crippen molar-refractivity contribution in [1.29, 1.82) is 5.26 Å². The summed E-state index contributed by atoms with van der Waals surface area (Å²) in [5.74, 6) is 0.953. The molecule has 8 nitrogen and oxygen atoms in total. The molecule has 3 fully saturated rings. The summed E-state index contributed by atoms with van der Waals surface area (Å²) in [7, 11) is 0. The van der Waals surface area contributed by atoms with Crippen LogP contribution in [0.4, 0.5) is 15.9 Å². The van der Waals surface area contributed by atoms with Gasteiger partial charge in [0.1, 0.15) is 12.0 Å². The lowest BCUT2D eigenvalue weighted by Crippen LogP contribution is -2.51. The Hall–Kier alpha value is -3.90. The number of halogens is 1. The van der Waals surface area contributed by atoms with E-state index in [1.54, 1.807) is 0 Å². The van der Waals surface area contributed by atoms with Gasteiger partial charge in [0.05, 0.1) is 37.4 Å². The van der Waals surface area contributed by atoms with Gasteiger partial charge in [0.25, 0.3) is 0 Å². The van der Waals surface area contributed by atoms with Gasteiger partial charge in [-0.25, -0.2) is 4.39 Å². The monoisotopic (exact) mass is 595 g/mol. The summed E-state index contributed by atoms with van der Waals surface area (Å²) in [6.45, 7) is 10.7. The molecule has 4 aliphatic rings. The maximum absolute atomic E-state index is 13.5. The average Bonchev–Trinajstić information content (AvgIpc) is 3.79. The Morgan fingerprint density at radius 3 is 2.64 bits per heavy atom. The zero-order chi connectivity index (χ0) is 30.3. The van der Waals surface area contributed by atoms with Crippen LogP contribution < -0.4 is 14.5 Å². The first-order valence-corrected chi connectivity index (χ1v) is 16.1. The number of nitriles is 1. The van der Waals surface area contributed by atoms with Crippen LogP contribution in [0, 0.1) is 23.7 Å². The predicted octanol–water partition coefficient (Wildman–Crippen LogP) is 5.25. The zero-order valence-corrected chi connectivity index (χ0v) is 25.9. The molecule has 0 amide bonds. The molecule has 1 aromatic heterocycles. The normalized spacial score (nSPS) is 21.8. The Labute approximate surface area is 259 Å². The van der Waals surface area contributed by atoms with Crippen molar-refractivity contribution < 1.29 is 9.13 Å². The van der Waals surface area contributed by atoms with Crippen LogP contribution in [0.3, 0.4) is 0 Å². The third-order valence-electron chi connectivity index (χ3n) is 9.89. The predicted molar refractivity (Wildman–Crippen MR) is 172 cm³/mol. The minimum Gasteiger partial charge on any atom is -0.463 e. The van der Waals surface area contributed by atoms with Gasteiger partial charge in [0, 0.05) is 67.9 Å². The number of nitrogens with zero attached hydrogens (tertiary/aromatic N) is 7. The Morgan fingerprint density at radius 2 is 1.89 bits per heavy atom. The van der Waals surface area contributed by atoms with Crippen molar-refractivity contribution in [2.24, 2.45) is 5.41 Å². The number of allylic oxidation sites excluding steroid dienone is 1. The summed E-state index contributed by atoms with van der Waals surface area (Å²) >= 11 is 0. The summed E-state index contributed by atoms with van der Waals surface area (Å²) in [5.41, 5.74) is 4.79. The van der Waals surface area contributed by atoms with Crippen molar-refractivity contribution in [3.63, 3.8) is 0 Å². The second-order valence-corrected chi connectivity index (χ2v) is 13.1. The molecule has 9 heteroatoms. The van der Waals surface area contributed by atoms with Crippen LogP contribution in [0.25, 0.3) is 10.8 Å². The molecule has 0 spiro atoms. The van der Waals surface area contributed by atoms with Crippen LogP contribution in [0.1, 0.15) is 43.0 Å². The van der Waals surface area contributed by atoms with E-state index in [-0.39, 0.29) is 11.5 Å². The van der Waals surface area contributed by atoms with E-state index in [1.165, 1.54) is 27.6 Å². The topological polar surface area (TPSA) is 71.8 Å². The number of aryl methyl sites for hydroxylation is 1. The molecule has 3 aliphatic heterocycles. The lowest BCUT2D eigenvalue weighted by atomic mass is 9.99. The number of hydrogen-bond donors (Lipinski definition) is 0. The molecular formula is C35H42FN7O. The minimum absolute atomic E-state index is 0.0715. The quantitative estimate of drug-likeness (QED) is 0.332. The molecular weight excluding hydrogens is 553 g/mol. The average molecular weight is 596 g/mol. The number of likely N-dealkylation sites (tertiary alicyclic amines) is 1. The maximum Gasteiger partial charge on any atom is 0.318 e. The molecule has 1 saturated carbocycles. The van der Waals surface area contributed by atoms with Gasteiger partial charge in [-0.3, -0.25) is 4.90 Å². The van der Waals surface area contributed by atoms with E-state index >= 15 is 0 Å². The van der Waals surface area contributed by atoms with Crippen molar-refractivity contribution in [2.75, 3.05) is 62.2 Å². The number of ether oxygens (including phenoxy) is 1. The number of alkyl halides is 1. The zero-order valence-electron chi connectivity index (χ0n) is 25.9. The van der Waals surface area contributed by atoms with Gasteiger partial charge < -0.3 is 19.4 Å². The first-order chi connectivity index (χ1) is 21.4. The summed E-state index contributed by atoms with van der Waals surface area (Å²) in [5, 5.41) is 12.1. The smallest absolute Gasteiger partial charge is 0.318 e. The number of hydrogen-bond acceptors (Lipinski definition) is 8. The Balaban J connectivity index is 1.19. The fraction of sp³-hybridized carbons (Fsp3) is 0.514. The summed E-state index contributed by atoms with van der Waals surface area (Å²) in [6, 6.07) is 16.0. The van der Waals surface area contributed by atoms with E-state index in [9.17, 15) is 9.65 Å². The standard InChI is InChI=1S/C35H42FN7O/c1-3-15-41-17-18-43(21-28(41)10-14-37)33-29-11-16-42(31-9-5-8-26-7-4-6-25(2)32(26)31)22-30(29)38-34(39-33)44-24-35(12-13-35)23-40-19-27(36)20-40/h3-9,15,27-28H,10-13,16-24H2,1-2H3. The number of aromatic nitrogens is 2. The molecule has 1 unspecified atom stereocenters. The Bertz CT molecular complexity index is 1590. The third kappa shape index (κ3) is 5.68. The van der Waals surface area contributed by atoms with E-state index in [0.717, 1.165) is 63.5 Å². The highest BCUT2D eigenvalue weighted by Crippen LogP contribution is 2.47. The highest BCUT2D eigenvalue weighted by atomic mass is 19.1. The molecule has 2 saturated heterocycles. The van der Waals surface area contributed by atoms with Gasteiger partial charge in [-0.2, -0.15) is 15.2 Å². The van der Waals surface area contributed by atoms with Crippen molar-refractivity contribution in [1.82, 2.24) is 19.8 Å². The lowest BCUT2D eigenvalue weighted by Gasteiger charge is -2.42. The maximum atomic E-state index is 13.5. The molecule has 0 radical (unpaired) electrons. The van der Waals surface area contributed by atoms with Crippen LogP contribution in [0.5, 0.6) is 6.01 Å². The highest BCUT2D eigenvalue weighted by molar-refractivity contribution is 5.97. The first-order valence-electron chi connectivity index (χ1n) is 16.1. The van der Waals surface area contributed by atoms with Gasteiger partial charge >= 0.3 is 6.01 Å². The molecule has 2 aromatic carbocycles. The fourth-order valence-corrected chi connectivity index (χ4v) is 7.28. The minimum atomic E-state index is -0.690. The summed E-state index contributed by atoms with van der Waals surface area (Å²) in [6.07, 6.45) is 6.95. The number of fused-ring (bicyclic) bond motifs is 2. The molecule has 7 rings (SSSR count). The molecule has 230 valence electrons. The van der Waals surface area contributed by atoms with Crippen LogP contribution in [-0.2, 0) is 13.0 Å². The van der Waals surface area contributed by atoms with Crippen LogP contribution in [-0.4, -0.2) is 84.4 Å². The van der Waals surface area contributed by atoms with Gasteiger partial charge in [-0.15, -0.1) is 0 Å². The number of benzene rings is 2. The second kappa shape index (κ2) is 11.9. The molecule has 0 N–H and O–H groups in total. The van der Waals surface area contributed by atoms with E-state index < -0.39 is 6.17 Å². The third-order valence-corrected chi connectivity index (χ3v) is 9.89. The molecule has 1 atom stereocenters. The van der Waals surface area contributed by atoms with E-state index in [4.69, 9.17) is 14.7 Å². The molecule has 4 heterocycles. The largest absolute Gasteiger partial charge is 0.463 e. The van der Waals surface area contributed by atoms with Crippen molar-refractivity contribution >= 4 is 22.3 Å². The number of piperazine rings is 1. The molecule has 44 heavy (non-hydrogen) atoms. The molecule has 1 aliphatic carbocycles. The number of anilines is 2. The van der Waals surface area contributed by atoms with E-state index in [0.29, 0.717) is 38.7 Å². The van der Waals surface area contributed by atoms with E-state index in [1.807, 2.05) is 13.0 Å². The van der Waals surface area contributed by atoms with Crippen LogP contribution >= 0.6 is 0 Å². The Kier molecular flexibility index (Phi) is 7.79. The van der Waals surface area contributed by atoms with E-state index in [2.05, 4.69) is 75.2 Å². The molecule has 3 aromatic rings. The fourth-order valence-electron chi connectivity index (χ4n) is 7.28. The van der Waals surface area contributed by atoms with Gasteiger partial charge in [0.15, 0.2) is 0 Å². The molecule has 0 bridgehead atoms. The SMILES string of the molecule is CC=CN1CCN(c2nc(OCC3(CN4CC(F)C4)CC3)nc3c2CCN(c2cccc4cccc(C)c24)C3)CC1CC#N. The van der Waals surface area contributed by atoms with Crippen LogP contribution in [0.15, 0.2) is 48.7 Å². The van der Waals surface area contributed by atoms with Gasteiger partial charge in [-0.1, -0.05) is 36.4 Å². The van der Waals surface area contributed by atoms with Crippen LogP contribution in [0.2, 0.25) is 0 Å². The van der Waals surface area contributed by atoms with Crippen molar-refractivity contribution in [3.05, 3.63) is 65.5 Å². The highest BCUT2D eigenvalue weighted by Gasteiger charge is 2.47.